The van der Waals surface area contributed by atoms with Crippen molar-refractivity contribution < 1.29 is 9.53 Å². The molecule has 5 nitrogen and oxygen atoms in total. The number of halogens is 2. The summed E-state index contributed by atoms with van der Waals surface area (Å²) in [5, 5.41) is 0. The lowest BCUT2D eigenvalue weighted by molar-refractivity contribution is -0.131. The van der Waals surface area contributed by atoms with Crippen molar-refractivity contribution in [2.24, 2.45) is 17.6 Å². The highest BCUT2D eigenvalue weighted by Crippen LogP contribution is 2.28. The molecule has 7 heteroatoms. The van der Waals surface area contributed by atoms with Crippen LogP contribution in [0.5, 0.6) is 0 Å². The first-order valence-corrected chi connectivity index (χ1v) is 8.56. The zero-order valence-electron chi connectivity index (χ0n) is 13.8. The van der Waals surface area contributed by atoms with Gasteiger partial charge in [-0.2, -0.15) is 0 Å². The summed E-state index contributed by atoms with van der Waals surface area (Å²) < 4.78 is 5.39. The van der Waals surface area contributed by atoms with E-state index in [0.29, 0.717) is 24.2 Å². The second-order valence-electron chi connectivity index (χ2n) is 6.97. The fourth-order valence-corrected chi connectivity index (χ4v) is 4.03. The van der Waals surface area contributed by atoms with Crippen molar-refractivity contribution in [1.29, 1.82) is 0 Å². The number of hydrogen-bond donors (Lipinski definition) is 1. The Morgan fingerprint density at radius 1 is 1.09 bits per heavy atom. The van der Waals surface area contributed by atoms with E-state index in [1.54, 1.807) is 0 Å². The second kappa shape index (κ2) is 10.0. The number of hydrogen-bond acceptors (Lipinski definition) is 4. The van der Waals surface area contributed by atoms with Crippen molar-refractivity contribution in [3.05, 3.63) is 0 Å². The zero-order valence-corrected chi connectivity index (χ0v) is 15.5. The molecule has 2 aliphatic heterocycles. The van der Waals surface area contributed by atoms with Crippen LogP contribution >= 0.6 is 24.8 Å². The number of rotatable bonds is 4. The summed E-state index contributed by atoms with van der Waals surface area (Å²) >= 11 is 0. The van der Waals surface area contributed by atoms with Gasteiger partial charge in [-0.1, -0.05) is 6.42 Å². The van der Waals surface area contributed by atoms with Crippen molar-refractivity contribution in [3.63, 3.8) is 0 Å². The first-order valence-electron chi connectivity index (χ1n) is 8.56. The molecule has 3 atom stereocenters. The van der Waals surface area contributed by atoms with Gasteiger partial charge in [-0.05, 0) is 31.1 Å². The lowest BCUT2D eigenvalue weighted by atomic mass is 9.99. The Balaban J connectivity index is 0.00000132. The van der Waals surface area contributed by atoms with E-state index in [1.165, 1.54) is 6.42 Å². The highest BCUT2D eigenvalue weighted by Gasteiger charge is 2.32. The first-order chi connectivity index (χ1) is 10.2. The number of amides is 1. The predicted octanol–water partition coefficient (Wildman–Crippen LogP) is 1.53. The maximum atomic E-state index is 12.4. The molecule has 3 fully saturated rings. The molecular formula is C16H31Cl2N3O2. The molecular weight excluding hydrogens is 337 g/mol. The number of morpholine rings is 1. The standard InChI is InChI=1S/C16H29N3O2.2ClH/c17-15-3-1-2-14(15)10-16(20)19-5-4-13(12-19)11-18-6-8-21-9-7-18;;/h13-15H,1-12,17H2;2*1H/t13?,14-,15+;;/m0../s1. The molecule has 2 saturated heterocycles. The van der Waals surface area contributed by atoms with Gasteiger partial charge in [0.25, 0.3) is 0 Å². The van der Waals surface area contributed by atoms with Crippen LogP contribution in [0.1, 0.15) is 32.1 Å². The molecule has 0 aromatic carbocycles. The van der Waals surface area contributed by atoms with Gasteiger partial charge in [0.1, 0.15) is 0 Å². The third-order valence-electron chi connectivity index (χ3n) is 5.41. The number of nitrogens with two attached hydrogens (primary N) is 1. The average Bonchev–Trinajstić information content (AvgIpc) is 3.10. The van der Waals surface area contributed by atoms with Crippen molar-refractivity contribution >= 4 is 30.7 Å². The summed E-state index contributed by atoms with van der Waals surface area (Å²) in [5.74, 6) is 1.40. The highest BCUT2D eigenvalue weighted by atomic mass is 35.5. The van der Waals surface area contributed by atoms with Crippen molar-refractivity contribution in [2.45, 2.75) is 38.1 Å². The molecule has 3 aliphatic rings. The Labute approximate surface area is 152 Å². The van der Waals surface area contributed by atoms with Crippen LogP contribution < -0.4 is 5.73 Å². The van der Waals surface area contributed by atoms with E-state index < -0.39 is 0 Å². The number of carbonyl (C=O) groups is 1. The highest BCUT2D eigenvalue weighted by molar-refractivity contribution is 5.85. The van der Waals surface area contributed by atoms with E-state index >= 15 is 0 Å². The molecule has 0 bridgehead atoms. The molecule has 1 saturated carbocycles. The molecule has 23 heavy (non-hydrogen) atoms. The lowest BCUT2D eigenvalue weighted by Gasteiger charge is -2.29. The quantitative estimate of drug-likeness (QED) is 0.818. The van der Waals surface area contributed by atoms with Gasteiger partial charge in [-0.3, -0.25) is 9.69 Å². The molecule has 0 aromatic heterocycles. The number of nitrogens with zero attached hydrogens (tertiary/aromatic N) is 2. The van der Waals surface area contributed by atoms with Gasteiger partial charge in [-0.25, -0.2) is 0 Å². The Morgan fingerprint density at radius 3 is 2.48 bits per heavy atom. The maximum Gasteiger partial charge on any atom is 0.222 e. The zero-order chi connectivity index (χ0) is 14.7. The summed E-state index contributed by atoms with van der Waals surface area (Å²) in [6.07, 6.45) is 5.25. The van der Waals surface area contributed by atoms with Crippen molar-refractivity contribution in [3.8, 4) is 0 Å². The maximum absolute atomic E-state index is 12.4. The molecule has 0 spiro atoms. The van der Waals surface area contributed by atoms with Gasteiger partial charge in [0.05, 0.1) is 13.2 Å². The van der Waals surface area contributed by atoms with E-state index in [2.05, 4.69) is 9.80 Å². The van der Waals surface area contributed by atoms with Gasteiger partial charge < -0.3 is 15.4 Å². The molecule has 2 N–H and O–H groups in total. The molecule has 2 heterocycles. The van der Waals surface area contributed by atoms with Crippen molar-refractivity contribution in [1.82, 2.24) is 9.80 Å². The minimum atomic E-state index is 0. The normalized spacial score (nSPS) is 31.5. The van der Waals surface area contributed by atoms with Crippen LogP contribution in [-0.2, 0) is 9.53 Å². The van der Waals surface area contributed by atoms with Gasteiger partial charge in [0, 0.05) is 45.2 Å². The second-order valence-corrected chi connectivity index (χ2v) is 6.97. The number of ether oxygens (including phenoxy) is 1. The summed E-state index contributed by atoms with van der Waals surface area (Å²) in [6, 6.07) is 0.251. The van der Waals surface area contributed by atoms with Crippen LogP contribution in [0.3, 0.4) is 0 Å². The third-order valence-corrected chi connectivity index (χ3v) is 5.41. The summed E-state index contributed by atoms with van der Waals surface area (Å²) in [7, 11) is 0. The first kappa shape index (κ1) is 21.0. The smallest absolute Gasteiger partial charge is 0.222 e. The van der Waals surface area contributed by atoms with Crippen LogP contribution in [0.15, 0.2) is 0 Å². The molecule has 1 aliphatic carbocycles. The Morgan fingerprint density at radius 2 is 1.83 bits per heavy atom. The van der Waals surface area contributed by atoms with E-state index in [1.807, 2.05) is 0 Å². The summed E-state index contributed by atoms with van der Waals surface area (Å²) in [5.41, 5.74) is 6.09. The monoisotopic (exact) mass is 367 g/mol. The Bertz CT molecular complexity index is 367. The van der Waals surface area contributed by atoms with E-state index in [0.717, 1.165) is 65.2 Å². The molecule has 3 rings (SSSR count). The van der Waals surface area contributed by atoms with Crippen LogP contribution in [0.25, 0.3) is 0 Å². The van der Waals surface area contributed by atoms with Gasteiger partial charge in [0.15, 0.2) is 0 Å². The SMILES string of the molecule is Cl.Cl.N[C@@H]1CCC[C@H]1CC(=O)N1CCC(CN2CCOCC2)C1. The number of likely N-dealkylation sites (tertiary alicyclic amines) is 1. The molecule has 1 unspecified atom stereocenters. The van der Waals surface area contributed by atoms with Crippen LogP contribution in [0.4, 0.5) is 0 Å². The fraction of sp³-hybridized carbons (Fsp3) is 0.938. The van der Waals surface area contributed by atoms with Crippen LogP contribution in [0, 0.1) is 11.8 Å². The minimum absolute atomic E-state index is 0. The van der Waals surface area contributed by atoms with Crippen LogP contribution in [-0.4, -0.2) is 67.7 Å². The largest absolute Gasteiger partial charge is 0.379 e. The Hall–Kier alpha value is -0.0700. The van der Waals surface area contributed by atoms with Gasteiger partial charge >= 0.3 is 0 Å². The molecule has 0 aromatic rings. The van der Waals surface area contributed by atoms with Gasteiger partial charge in [0.2, 0.25) is 5.91 Å². The third kappa shape index (κ3) is 5.75. The van der Waals surface area contributed by atoms with E-state index in [4.69, 9.17) is 10.5 Å². The topological polar surface area (TPSA) is 58.8 Å². The minimum Gasteiger partial charge on any atom is -0.379 e. The summed E-state index contributed by atoms with van der Waals surface area (Å²) in [4.78, 5) is 17.0. The van der Waals surface area contributed by atoms with Crippen LogP contribution in [0.2, 0.25) is 0 Å². The van der Waals surface area contributed by atoms with E-state index in [9.17, 15) is 4.79 Å². The van der Waals surface area contributed by atoms with Gasteiger partial charge in [-0.15, -0.1) is 24.8 Å². The van der Waals surface area contributed by atoms with Crippen molar-refractivity contribution in [2.75, 3.05) is 45.9 Å². The number of carbonyl (C=O) groups excluding carboxylic acids is 1. The molecule has 136 valence electrons. The predicted molar refractivity (Wildman–Crippen MR) is 96.4 cm³/mol. The lowest BCUT2D eigenvalue weighted by Crippen LogP contribution is -2.40. The molecule has 1 amide bonds. The van der Waals surface area contributed by atoms with E-state index in [-0.39, 0.29) is 30.9 Å². The average molecular weight is 368 g/mol. The summed E-state index contributed by atoms with van der Waals surface area (Å²) in [6.45, 7) is 6.80. The Kier molecular flexibility index (Phi) is 9.16. The fourth-order valence-electron chi connectivity index (χ4n) is 4.03. The molecule has 0 radical (unpaired) electrons.